The van der Waals surface area contributed by atoms with Crippen LogP contribution in [0.15, 0.2) is 76.8 Å². The van der Waals surface area contributed by atoms with Gasteiger partial charge in [-0.2, -0.15) is 0 Å². The number of pyridine rings is 1. The molecular weight excluding hydrogens is 488 g/mol. The van der Waals surface area contributed by atoms with Gasteiger partial charge in [-0.15, -0.1) is 0 Å². The van der Waals surface area contributed by atoms with Crippen LogP contribution in [-0.4, -0.2) is 23.4 Å². The average molecular weight is 510 g/mol. The summed E-state index contributed by atoms with van der Waals surface area (Å²) in [7, 11) is -5.42. The lowest BCUT2D eigenvalue weighted by atomic mass is 9.78. The smallest absolute Gasteiger partial charge is 0.188 e. The molecule has 33 heavy (non-hydrogen) atoms. The summed E-state index contributed by atoms with van der Waals surface area (Å²) in [6.45, 7) is 0. The molecule has 0 N–H and O–H groups in total. The van der Waals surface area contributed by atoms with Gasteiger partial charge in [0.15, 0.2) is 9.84 Å². The van der Waals surface area contributed by atoms with Crippen LogP contribution >= 0.6 is 11.6 Å². The Bertz CT molecular complexity index is 1260. The minimum Gasteiger partial charge on any atom is -0.253 e. The van der Waals surface area contributed by atoms with Crippen LogP contribution in [0, 0.1) is 17.6 Å². The van der Waals surface area contributed by atoms with Gasteiger partial charge in [0.1, 0.15) is 21.4 Å². The van der Waals surface area contributed by atoms with E-state index in [-0.39, 0.29) is 29.2 Å². The maximum atomic E-state index is 14.9. The summed E-state index contributed by atoms with van der Waals surface area (Å²) in [6, 6.07) is 13.8. The molecule has 174 valence electrons. The van der Waals surface area contributed by atoms with Crippen LogP contribution < -0.4 is 0 Å². The van der Waals surface area contributed by atoms with Gasteiger partial charge in [0.2, 0.25) is 0 Å². The first kappa shape index (κ1) is 24.0. The third kappa shape index (κ3) is 4.74. The topological polar surface area (TPSA) is 64.1 Å². The van der Waals surface area contributed by atoms with Gasteiger partial charge in [0.25, 0.3) is 0 Å². The van der Waals surface area contributed by atoms with E-state index in [9.17, 15) is 21.4 Å². The minimum atomic E-state index is -4.09. The summed E-state index contributed by atoms with van der Waals surface area (Å²) < 4.78 is 67.8. The second kappa shape index (κ2) is 9.60. The Kier molecular flexibility index (Phi) is 6.98. The van der Waals surface area contributed by atoms with Crippen molar-refractivity contribution in [1.82, 2.24) is 4.98 Å². The first-order valence-electron chi connectivity index (χ1n) is 10.5. The van der Waals surface area contributed by atoms with Crippen LogP contribution in [0.5, 0.6) is 0 Å². The molecule has 3 aromatic rings. The molecule has 1 saturated carbocycles. The normalized spacial score (nSPS) is 22.1. The van der Waals surface area contributed by atoms with E-state index < -0.39 is 37.0 Å². The Hall–Kier alpha value is -2.16. The lowest BCUT2D eigenvalue weighted by Gasteiger charge is -2.40. The molecule has 4 nitrogen and oxygen atoms in total. The maximum Gasteiger partial charge on any atom is 0.188 e. The molecule has 1 aromatic heterocycles. The molecule has 0 spiro atoms. The second-order valence-corrected chi connectivity index (χ2v) is 12.3. The lowest BCUT2D eigenvalue weighted by molar-refractivity contribution is 0.304. The predicted molar refractivity (Wildman–Crippen MR) is 124 cm³/mol. The van der Waals surface area contributed by atoms with Crippen LogP contribution in [0.2, 0.25) is 5.02 Å². The highest BCUT2D eigenvalue weighted by atomic mass is 35.5. The van der Waals surface area contributed by atoms with Crippen molar-refractivity contribution in [2.24, 2.45) is 5.92 Å². The SMILES string of the molecule is O=S(CC1CCC(c2cc(F)ccc2F)(S(=O)(=O)c2ccc(Cl)cc2)CC1)c1ccccn1. The van der Waals surface area contributed by atoms with E-state index in [0.717, 1.165) is 18.2 Å². The van der Waals surface area contributed by atoms with Gasteiger partial charge in [0.05, 0.1) is 15.7 Å². The molecule has 2 aromatic carbocycles. The number of nitrogens with zero attached hydrogens (tertiary/aromatic N) is 1. The molecule has 1 heterocycles. The fourth-order valence-corrected chi connectivity index (χ4v) is 8.09. The molecule has 4 rings (SSSR count). The molecule has 1 aliphatic rings. The summed E-state index contributed by atoms with van der Waals surface area (Å²) in [5.41, 5.74) is -0.165. The van der Waals surface area contributed by atoms with E-state index in [1.807, 2.05) is 0 Å². The number of rotatable bonds is 6. The van der Waals surface area contributed by atoms with Crippen molar-refractivity contribution in [2.45, 2.75) is 40.4 Å². The number of hydrogen-bond acceptors (Lipinski definition) is 4. The van der Waals surface area contributed by atoms with Gasteiger partial charge in [-0.25, -0.2) is 22.2 Å². The van der Waals surface area contributed by atoms with E-state index in [2.05, 4.69) is 4.98 Å². The van der Waals surface area contributed by atoms with Gasteiger partial charge >= 0.3 is 0 Å². The Morgan fingerprint density at radius 2 is 1.73 bits per heavy atom. The monoisotopic (exact) mass is 509 g/mol. The third-order valence-electron chi connectivity index (χ3n) is 6.23. The molecule has 1 unspecified atom stereocenters. The Balaban J connectivity index is 1.68. The number of hydrogen-bond donors (Lipinski definition) is 0. The van der Waals surface area contributed by atoms with Gasteiger partial charge in [-0.05, 0) is 86.2 Å². The molecule has 0 bridgehead atoms. The van der Waals surface area contributed by atoms with Crippen molar-refractivity contribution >= 4 is 32.2 Å². The fraction of sp³-hybridized carbons (Fsp3) is 0.292. The van der Waals surface area contributed by atoms with Crippen LogP contribution in [0.4, 0.5) is 8.78 Å². The van der Waals surface area contributed by atoms with Crippen molar-refractivity contribution < 1.29 is 21.4 Å². The molecule has 1 aliphatic carbocycles. The first-order valence-corrected chi connectivity index (χ1v) is 13.7. The standard InChI is InChI=1S/C24H22ClF2NO3S2/c25-18-4-7-20(8-5-18)33(30,31)24(21-15-19(26)6-9-22(21)27)12-10-17(11-13-24)16-32(29)23-3-1-2-14-28-23/h1-9,14-15,17H,10-13,16H2. The number of benzene rings is 2. The molecule has 1 fully saturated rings. The van der Waals surface area contributed by atoms with Crippen molar-refractivity contribution in [2.75, 3.05) is 5.75 Å². The first-order chi connectivity index (χ1) is 15.7. The van der Waals surface area contributed by atoms with Crippen molar-refractivity contribution in [1.29, 1.82) is 0 Å². The molecule has 0 radical (unpaired) electrons. The molecule has 1 atom stereocenters. The molecule has 0 aliphatic heterocycles. The van der Waals surface area contributed by atoms with Crippen LogP contribution in [0.1, 0.15) is 31.2 Å². The van der Waals surface area contributed by atoms with Crippen molar-refractivity contribution in [3.8, 4) is 0 Å². The summed E-state index contributed by atoms with van der Waals surface area (Å²) in [5, 5.41) is 0.847. The van der Waals surface area contributed by atoms with Crippen molar-refractivity contribution in [3.05, 3.63) is 89.1 Å². The highest BCUT2D eigenvalue weighted by Gasteiger charge is 2.50. The fourth-order valence-electron chi connectivity index (χ4n) is 4.46. The van der Waals surface area contributed by atoms with Gasteiger partial charge in [0, 0.05) is 22.5 Å². The highest BCUT2D eigenvalue weighted by molar-refractivity contribution is 7.92. The zero-order valence-electron chi connectivity index (χ0n) is 17.6. The minimum absolute atomic E-state index is 0.00562. The number of sulfone groups is 1. The van der Waals surface area contributed by atoms with E-state index >= 15 is 0 Å². The number of aromatic nitrogens is 1. The third-order valence-corrected chi connectivity index (χ3v) is 10.5. The Morgan fingerprint density at radius 3 is 2.36 bits per heavy atom. The van der Waals surface area contributed by atoms with E-state index in [0.29, 0.717) is 28.6 Å². The summed E-state index contributed by atoms with van der Waals surface area (Å²) in [6.07, 6.45) is 2.55. The summed E-state index contributed by atoms with van der Waals surface area (Å²) in [4.78, 5) is 4.14. The second-order valence-electron chi connectivity index (χ2n) is 8.20. The Morgan fingerprint density at radius 1 is 1.03 bits per heavy atom. The van der Waals surface area contributed by atoms with E-state index in [1.165, 1.54) is 24.3 Å². The van der Waals surface area contributed by atoms with Crippen LogP contribution in [-0.2, 0) is 25.4 Å². The highest BCUT2D eigenvalue weighted by Crippen LogP contribution is 2.49. The predicted octanol–water partition coefficient (Wildman–Crippen LogP) is 5.68. The van der Waals surface area contributed by atoms with Crippen molar-refractivity contribution in [3.63, 3.8) is 0 Å². The van der Waals surface area contributed by atoms with Crippen LogP contribution in [0.25, 0.3) is 0 Å². The quantitative estimate of drug-likeness (QED) is 0.429. The van der Waals surface area contributed by atoms with Gasteiger partial charge in [-0.3, -0.25) is 4.21 Å². The van der Waals surface area contributed by atoms with Crippen LogP contribution in [0.3, 0.4) is 0 Å². The Labute approximate surface area is 199 Å². The molecule has 9 heteroatoms. The average Bonchev–Trinajstić information content (AvgIpc) is 2.82. The maximum absolute atomic E-state index is 14.9. The lowest BCUT2D eigenvalue weighted by Crippen LogP contribution is -2.41. The van der Waals surface area contributed by atoms with E-state index in [1.54, 1.807) is 24.4 Å². The number of halogens is 3. The largest absolute Gasteiger partial charge is 0.253 e. The molecule has 0 amide bonds. The summed E-state index contributed by atoms with van der Waals surface area (Å²) in [5.74, 6) is -1.15. The van der Waals surface area contributed by atoms with Gasteiger partial charge in [-0.1, -0.05) is 17.7 Å². The summed E-state index contributed by atoms with van der Waals surface area (Å²) >= 11 is 5.92. The zero-order chi connectivity index (χ0) is 23.6. The van der Waals surface area contributed by atoms with Gasteiger partial charge < -0.3 is 0 Å². The molecule has 0 saturated heterocycles. The van der Waals surface area contributed by atoms with E-state index in [4.69, 9.17) is 11.6 Å². The zero-order valence-corrected chi connectivity index (χ0v) is 20.0. The molecular formula is C24H22ClF2NO3S2.